The third-order valence-electron chi connectivity index (χ3n) is 4.90. The number of rotatable bonds is 8. The van der Waals surface area contributed by atoms with Crippen LogP contribution in [0.25, 0.3) is 0 Å². The summed E-state index contributed by atoms with van der Waals surface area (Å²) < 4.78 is 0. The number of nitrogens with one attached hydrogen (secondary N) is 1. The Morgan fingerprint density at radius 3 is 2.57 bits per heavy atom. The van der Waals surface area contributed by atoms with Crippen LogP contribution < -0.4 is 10.2 Å². The van der Waals surface area contributed by atoms with Gasteiger partial charge in [-0.05, 0) is 38.1 Å². The summed E-state index contributed by atoms with van der Waals surface area (Å²) in [5.74, 6) is 2.00. The fraction of sp³-hybridized carbons (Fsp3) is 0.455. The molecule has 28 heavy (non-hydrogen) atoms. The molecule has 1 unspecified atom stereocenters. The maximum Gasteiger partial charge on any atom is 0.221 e. The van der Waals surface area contributed by atoms with Crippen LogP contribution in [0.15, 0.2) is 53.6 Å². The van der Waals surface area contributed by atoms with Crippen LogP contribution in [0.2, 0.25) is 0 Å². The minimum Gasteiger partial charge on any atom is -0.354 e. The highest BCUT2D eigenvalue weighted by Crippen LogP contribution is 2.19. The smallest absolute Gasteiger partial charge is 0.221 e. The van der Waals surface area contributed by atoms with Gasteiger partial charge in [0, 0.05) is 62.0 Å². The number of amides is 1. The molecule has 2 aromatic rings. The van der Waals surface area contributed by atoms with Gasteiger partial charge in [-0.2, -0.15) is 0 Å². The molecular weight excluding hydrogens is 368 g/mol. The van der Waals surface area contributed by atoms with Crippen molar-refractivity contribution in [3.05, 3.63) is 54.2 Å². The quantitative estimate of drug-likeness (QED) is 0.692. The lowest BCUT2D eigenvalue weighted by Crippen LogP contribution is -2.51. The van der Waals surface area contributed by atoms with Crippen molar-refractivity contribution in [1.29, 1.82) is 0 Å². The lowest BCUT2D eigenvalue weighted by atomic mass is 10.2. The number of anilines is 1. The summed E-state index contributed by atoms with van der Waals surface area (Å²) in [5, 5.41) is 3.15. The van der Waals surface area contributed by atoms with Crippen LogP contribution >= 0.6 is 11.8 Å². The number of nitrogens with zero attached hydrogens (tertiary/aromatic N) is 3. The zero-order valence-corrected chi connectivity index (χ0v) is 17.6. The van der Waals surface area contributed by atoms with Gasteiger partial charge in [-0.25, -0.2) is 4.98 Å². The average Bonchev–Trinajstić information content (AvgIpc) is 2.70. The van der Waals surface area contributed by atoms with Crippen LogP contribution in [0.3, 0.4) is 0 Å². The first-order valence-electron chi connectivity index (χ1n) is 9.97. The molecule has 3 rings (SSSR count). The van der Waals surface area contributed by atoms with Gasteiger partial charge in [0.2, 0.25) is 5.91 Å². The molecule has 5 nitrogen and oxygen atoms in total. The molecule has 1 aliphatic heterocycles. The Hall–Kier alpha value is -2.05. The third kappa shape index (κ3) is 6.53. The Balaban J connectivity index is 1.32. The Morgan fingerprint density at radius 2 is 1.89 bits per heavy atom. The van der Waals surface area contributed by atoms with Crippen molar-refractivity contribution in [3.8, 4) is 0 Å². The summed E-state index contributed by atoms with van der Waals surface area (Å²) >= 11 is 1.74. The number of aromatic nitrogens is 1. The molecule has 1 saturated heterocycles. The molecule has 1 aliphatic rings. The second kappa shape index (κ2) is 10.5. The van der Waals surface area contributed by atoms with Gasteiger partial charge in [0.25, 0.3) is 0 Å². The zero-order chi connectivity index (χ0) is 19.8. The van der Waals surface area contributed by atoms with Gasteiger partial charge in [0.05, 0.1) is 0 Å². The van der Waals surface area contributed by atoms with Gasteiger partial charge in [-0.15, -0.1) is 11.8 Å². The van der Waals surface area contributed by atoms with E-state index in [1.54, 1.807) is 11.8 Å². The van der Waals surface area contributed by atoms with E-state index in [1.807, 2.05) is 18.3 Å². The standard InChI is InChI=1S/C22H30N4OS/c1-18-6-8-20(9-7-18)28-16-10-22(27)24-19(2)17-25-12-14-26(15-13-25)21-5-3-4-11-23-21/h3-9,11,19H,10,12-17H2,1-2H3,(H,24,27). The molecule has 0 aliphatic carbocycles. The van der Waals surface area contributed by atoms with Crippen molar-refractivity contribution >= 4 is 23.5 Å². The maximum absolute atomic E-state index is 12.2. The minimum atomic E-state index is 0.138. The zero-order valence-electron chi connectivity index (χ0n) is 16.8. The second-order valence-corrected chi connectivity index (χ2v) is 8.52. The lowest BCUT2D eigenvalue weighted by molar-refractivity contribution is -0.121. The average molecular weight is 399 g/mol. The van der Waals surface area contributed by atoms with E-state index in [1.165, 1.54) is 10.5 Å². The first-order chi connectivity index (χ1) is 13.6. The number of pyridine rings is 1. The SMILES string of the molecule is Cc1ccc(SCCC(=O)NC(C)CN2CCN(c3ccccn3)CC2)cc1. The number of hydrogen-bond donors (Lipinski definition) is 1. The number of carbonyl (C=O) groups is 1. The number of aryl methyl sites for hydroxylation is 1. The molecule has 0 bridgehead atoms. The maximum atomic E-state index is 12.2. The Labute approximate surface area is 172 Å². The number of hydrogen-bond acceptors (Lipinski definition) is 5. The molecule has 6 heteroatoms. The highest BCUT2D eigenvalue weighted by molar-refractivity contribution is 7.99. The normalized spacial score (nSPS) is 16.0. The van der Waals surface area contributed by atoms with E-state index in [0.717, 1.165) is 44.3 Å². The highest BCUT2D eigenvalue weighted by Gasteiger charge is 2.19. The number of thioether (sulfide) groups is 1. The summed E-state index contributed by atoms with van der Waals surface area (Å²) in [6.45, 7) is 9.03. The Kier molecular flexibility index (Phi) is 7.74. The predicted molar refractivity (Wildman–Crippen MR) is 117 cm³/mol. The summed E-state index contributed by atoms with van der Waals surface area (Å²) in [6, 6.07) is 14.7. The lowest BCUT2D eigenvalue weighted by Gasteiger charge is -2.36. The molecule has 1 N–H and O–H groups in total. The van der Waals surface area contributed by atoms with E-state index < -0.39 is 0 Å². The third-order valence-corrected chi connectivity index (χ3v) is 5.92. The van der Waals surface area contributed by atoms with Gasteiger partial charge >= 0.3 is 0 Å². The number of carbonyl (C=O) groups excluding carboxylic acids is 1. The van der Waals surface area contributed by atoms with Gasteiger partial charge in [0.1, 0.15) is 5.82 Å². The first-order valence-corrected chi connectivity index (χ1v) is 11.0. The van der Waals surface area contributed by atoms with Crippen LogP contribution in [0.5, 0.6) is 0 Å². The predicted octanol–water partition coefficient (Wildman–Crippen LogP) is 3.20. The van der Waals surface area contributed by atoms with Gasteiger partial charge in [-0.1, -0.05) is 23.8 Å². The van der Waals surface area contributed by atoms with E-state index in [0.29, 0.717) is 6.42 Å². The van der Waals surface area contributed by atoms with Crippen molar-refractivity contribution in [2.75, 3.05) is 43.4 Å². The summed E-state index contributed by atoms with van der Waals surface area (Å²) in [4.78, 5) is 22.6. The first kappa shape index (κ1) is 20.7. The van der Waals surface area contributed by atoms with Crippen LogP contribution in [0, 0.1) is 6.92 Å². The van der Waals surface area contributed by atoms with Gasteiger partial charge < -0.3 is 10.2 Å². The van der Waals surface area contributed by atoms with Crippen molar-refractivity contribution in [1.82, 2.24) is 15.2 Å². The number of benzene rings is 1. The molecule has 1 aromatic heterocycles. The van der Waals surface area contributed by atoms with Crippen molar-refractivity contribution < 1.29 is 4.79 Å². The molecule has 0 radical (unpaired) electrons. The van der Waals surface area contributed by atoms with E-state index in [2.05, 4.69) is 64.3 Å². The summed E-state index contributed by atoms with van der Waals surface area (Å²) in [7, 11) is 0. The van der Waals surface area contributed by atoms with E-state index in [9.17, 15) is 4.79 Å². The molecule has 0 spiro atoms. The highest BCUT2D eigenvalue weighted by atomic mass is 32.2. The van der Waals surface area contributed by atoms with E-state index in [4.69, 9.17) is 0 Å². The van der Waals surface area contributed by atoms with Crippen LogP contribution in [-0.4, -0.2) is 60.3 Å². The fourth-order valence-electron chi connectivity index (χ4n) is 3.38. The monoisotopic (exact) mass is 398 g/mol. The van der Waals surface area contributed by atoms with Crippen molar-refractivity contribution in [2.24, 2.45) is 0 Å². The largest absolute Gasteiger partial charge is 0.354 e. The van der Waals surface area contributed by atoms with Crippen molar-refractivity contribution in [2.45, 2.75) is 31.2 Å². The van der Waals surface area contributed by atoms with E-state index >= 15 is 0 Å². The number of piperazine rings is 1. The molecule has 0 saturated carbocycles. The van der Waals surface area contributed by atoms with E-state index in [-0.39, 0.29) is 11.9 Å². The summed E-state index contributed by atoms with van der Waals surface area (Å²) in [6.07, 6.45) is 2.40. The Bertz CT molecular complexity index is 730. The van der Waals surface area contributed by atoms with Gasteiger partial charge in [0.15, 0.2) is 0 Å². The van der Waals surface area contributed by atoms with Crippen LogP contribution in [-0.2, 0) is 4.79 Å². The van der Waals surface area contributed by atoms with Crippen LogP contribution in [0.4, 0.5) is 5.82 Å². The van der Waals surface area contributed by atoms with Gasteiger partial charge in [-0.3, -0.25) is 9.69 Å². The molecule has 1 aromatic carbocycles. The topological polar surface area (TPSA) is 48.5 Å². The molecular formula is C22H30N4OS. The molecule has 1 fully saturated rings. The van der Waals surface area contributed by atoms with Crippen molar-refractivity contribution in [3.63, 3.8) is 0 Å². The molecule has 150 valence electrons. The van der Waals surface area contributed by atoms with Crippen LogP contribution in [0.1, 0.15) is 18.9 Å². The second-order valence-electron chi connectivity index (χ2n) is 7.36. The Morgan fingerprint density at radius 1 is 1.14 bits per heavy atom. The molecule has 1 amide bonds. The molecule has 1 atom stereocenters. The minimum absolute atomic E-state index is 0.138. The molecule has 2 heterocycles. The summed E-state index contributed by atoms with van der Waals surface area (Å²) in [5.41, 5.74) is 1.26. The fourth-order valence-corrected chi connectivity index (χ4v) is 4.23.